The first-order valence-electron chi connectivity index (χ1n) is 25.6. The van der Waals surface area contributed by atoms with E-state index in [1.807, 2.05) is 48.5 Å². The van der Waals surface area contributed by atoms with Crippen molar-refractivity contribution in [1.82, 2.24) is 36.0 Å². The number of amides is 8. The molecule has 23 nitrogen and oxygen atoms in total. The summed E-state index contributed by atoms with van der Waals surface area (Å²) in [5.74, 6) is -5.22. The standard InChI is InChI=1S/C57H54N8O15/c66-36-11-16-41-45(30-36)80-46-31-37(67)12-17-42(46)53(41)39-15-10-35(29-43(39)56(74)75)61-57(76)65(79)27-20-48(69)59-24-23-58-47(68)19-26-63(77)50(71)18-22-60-54(72)44-5-2-25-62(44)49(70)21-28-64(78)55(73)40-14-9-34-7-6-32-3-1-4-33-8-13-38(40)52(34)51(32)33/h1,3-4,6-17,29-31,44,66,77-79H,2,5,18-28H2,(H,58,68)(H,59,69)(H,60,72)(H,61,76)(H,74,75)/p-1/t44-/m0/s1. The third kappa shape index (κ3) is 12.0. The normalized spacial score (nSPS) is 13.2. The maximum Gasteiger partial charge on any atom is 0.345 e. The Labute approximate surface area is 454 Å². The van der Waals surface area contributed by atoms with Crippen molar-refractivity contribution in [3.8, 4) is 28.2 Å². The van der Waals surface area contributed by atoms with Crippen LogP contribution >= 0.6 is 0 Å². The van der Waals surface area contributed by atoms with Gasteiger partial charge in [0.2, 0.25) is 29.5 Å². The number of likely N-dealkylation sites (tertiary alicyclic amines) is 1. The average molecular weight is 1090 g/mol. The first-order valence-corrected chi connectivity index (χ1v) is 25.6. The summed E-state index contributed by atoms with van der Waals surface area (Å²) >= 11 is 0. The SMILES string of the molecule is O=C(CCN(O)C(=O)CCNC(=O)[C@@H]1CCCN1C(=O)CCN(O)C(=O)c1ccc2ccc3cccc4ccc1c2c34)NCCNC(=O)CCN(O)C(=O)Nc1ccc(-c2c3ccc(=O)cc-3oc3cc([O-])ccc23)c(C(=O)O)c1. The van der Waals surface area contributed by atoms with Gasteiger partial charge in [0.1, 0.15) is 17.4 Å². The second-order valence-corrected chi connectivity index (χ2v) is 19.1. The van der Waals surface area contributed by atoms with Crippen LogP contribution < -0.4 is 31.8 Å². The number of benzene rings is 7. The molecule has 0 unspecified atom stereocenters. The maximum absolute atomic E-state index is 13.5. The Morgan fingerprint density at radius 3 is 2.01 bits per heavy atom. The summed E-state index contributed by atoms with van der Waals surface area (Å²) in [7, 11) is 0. The van der Waals surface area contributed by atoms with E-state index in [-0.39, 0.29) is 115 Å². The summed E-state index contributed by atoms with van der Waals surface area (Å²) in [4.78, 5) is 116. The summed E-state index contributed by atoms with van der Waals surface area (Å²) in [5.41, 5.74) is 0.666. The zero-order valence-corrected chi connectivity index (χ0v) is 42.7. The van der Waals surface area contributed by atoms with Crippen LogP contribution in [0, 0.1) is 0 Å². The highest BCUT2D eigenvalue weighted by Gasteiger charge is 2.34. The predicted octanol–water partition coefficient (Wildman–Crippen LogP) is 5.11. The Balaban J connectivity index is 0.651. The summed E-state index contributed by atoms with van der Waals surface area (Å²) in [6.45, 7) is -1.20. The van der Waals surface area contributed by atoms with Crippen LogP contribution in [-0.2, 0) is 24.0 Å². The number of aromatic carboxylic acids is 1. The molecule has 2 heterocycles. The summed E-state index contributed by atoms with van der Waals surface area (Å²) in [6, 6.07) is 27.2. The minimum absolute atomic E-state index is 0.0213. The van der Waals surface area contributed by atoms with Gasteiger partial charge >= 0.3 is 12.0 Å². The number of hydrogen-bond acceptors (Lipinski definition) is 14. The van der Waals surface area contributed by atoms with Gasteiger partial charge < -0.3 is 40.8 Å². The monoisotopic (exact) mass is 1090 g/mol. The lowest BCUT2D eigenvalue weighted by molar-refractivity contribution is -0.268. The lowest BCUT2D eigenvalue weighted by atomic mass is 9.90. The minimum atomic E-state index is -1.38. The molecule has 23 heteroatoms. The quantitative estimate of drug-likeness (QED) is 0.0162. The van der Waals surface area contributed by atoms with Crippen LogP contribution in [0.25, 0.3) is 65.7 Å². The minimum Gasteiger partial charge on any atom is -0.872 e. The first-order chi connectivity index (χ1) is 38.4. The molecule has 80 heavy (non-hydrogen) atoms. The van der Waals surface area contributed by atoms with E-state index in [0.29, 0.717) is 44.9 Å². The Bertz CT molecular complexity index is 3760. The second-order valence-electron chi connectivity index (χ2n) is 19.1. The van der Waals surface area contributed by atoms with Gasteiger partial charge in [-0.3, -0.25) is 49.2 Å². The molecule has 0 bridgehead atoms. The van der Waals surface area contributed by atoms with Crippen LogP contribution in [0.3, 0.4) is 0 Å². The molecule has 0 radical (unpaired) electrons. The molecule has 6 aromatic rings. The fourth-order valence-corrected chi connectivity index (χ4v) is 9.95. The molecule has 1 saturated heterocycles. The molecule has 6 aromatic carbocycles. The van der Waals surface area contributed by atoms with Gasteiger partial charge in [0, 0.05) is 85.7 Å². The second kappa shape index (κ2) is 23.9. The molecule has 2 aliphatic heterocycles. The fourth-order valence-electron chi connectivity index (χ4n) is 9.95. The van der Waals surface area contributed by atoms with Crippen molar-refractivity contribution in [2.45, 2.75) is 44.6 Å². The van der Waals surface area contributed by atoms with E-state index < -0.39 is 60.0 Å². The molecule has 0 aromatic heterocycles. The molecule has 0 spiro atoms. The highest BCUT2D eigenvalue weighted by Crippen LogP contribution is 2.42. The largest absolute Gasteiger partial charge is 0.872 e. The number of rotatable bonds is 20. The van der Waals surface area contributed by atoms with Crippen molar-refractivity contribution in [3.63, 3.8) is 0 Å². The molecule has 1 fully saturated rings. The Morgan fingerprint density at radius 1 is 0.637 bits per heavy atom. The van der Waals surface area contributed by atoms with Crippen molar-refractivity contribution in [2.24, 2.45) is 0 Å². The van der Waals surface area contributed by atoms with Gasteiger partial charge in [-0.2, -0.15) is 0 Å². The van der Waals surface area contributed by atoms with Gasteiger partial charge in [-0.15, -0.1) is 5.75 Å². The lowest BCUT2D eigenvalue weighted by Gasteiger charge is -2.25. The van der Waals surface area contributed by atoms with E-state index >= 15 is 0 Å². The third-order valence-corrected chi connectivity index (χ3v) is 13.9. The number of carboxylic acid groups (broad SMARTS) is 1. The number of carboxylic acids is 1. The molecule has 8 N–H and O–H groups in total. The molecular weight excluding hydrogens is 1040 g/mol. The number of carbonyl (C=O) groups excluding carboxylic acids is 7. The Hall–Kier alpha value is -9.71. The lowest BCUT2D eigenvalue weighted by Crippen LogP contribution is -2.47. The van der Waals surface area contributed by atoms with E-state index in [9.17, 15) is 69.0 Å². The predicted molar refractivity (Wildman–Crippen MR) is 287 cm³/mol. The van der Waals surface area contributed by atoms with Gasteiger partial charge in [0.05, 0.1) is 25.2 Å². The third-order valence-electron chi connectivity index (χ3n) is 13.9. The first kappa shape index (κ1) is 55.1. The number of nitrogens with one attached hydrogen (secondary N) is 4. The zero-order chi connectivity index (χ0) is 56.8. The van der Waals surface area contributed by atoms with Gasteiger partial charge in [-0.25, -0.2) is 24.8 Å². The smallest absolute Gasteiger partial charge is 0.345 e. The number of urea groups is 1. The molecule has 8 amide bonds. The van der Waals surface area contributed by atoms with Gasteiger partial charge in [0.15, 0.2) is 5.43 Å². The van der Waals surface area contributed by atoms with Crippen molar-refractivity contribution in [2.75, 3.05) is 51.1 Å². The molecular formula is C57H53N8O15-. The fraction of sp³-hybridized carbons (Fsp3) is 0.246. The van der Waals surface area contributed by atoms with Crippen LogP contribution in [0.2, 0.25) is 0 Å². The Morgan fingerprint density at radius 2 is 1.29 bits per heavy atom. The van der Waals surface area contributed by atoms with Gasteiger partial charge in [0.25, 0.3) is 5.91 Å². The van der Waals surface area contributed by atoms with Crippen LogP contribution in [-0.4, -0.2) is 140 Å². The van der Waals surface area contributed by atoms with Gasteiger partial charge in [-0.1, -0.05) is 66.7 Å². The van der Waals surface area contributed by atoms with Crippen molar-refractivity contribution < 1.29 is 68.6 Å². The average Bonchev–Trinajstić information content (AvgIpc) is 4.11. The highest BCUT2D eigenvalue weighted by atomic mass is 16.5. The summed E-state index contributed by atoms with van der Waals surface area (Å²) in [5, 5.41) is 70.8. The Kier molecular flexibility index (Phi) is 16.4. The van der Waals surface area contributed by atoms with Crippen molar-refractivity contribution >= 4 is 96.4 Å². The summed E-state index contributed by atoms with van der Waals surface area (Å²) in [6.07, 6.45) is -0.382. The maximum atomic E-state index is 13.5. The zero-order valence-electron chi connectivity index (χ0n) is 42.7. The van der Waals surface area contributed by atoms with E-state index in [0.717, 1.165) is 33.0 Å². The highest BCUT2D eigenvalue weighted by molar-refractivity contribution is 6.26. The van der Waals surface area contributed by atoms with E-state index in [1.54, 1.807) is 6.07 Å². The van der Waals surface area contributed by atoms with Crippen LogP contribution in [0.5, 0.6) is 5.75 Å². The molecule has 1 atom stereocenters. The van der Waals surface area contributed by atoms with E-state index in [1.165, 1.54) is 53.4 Å². The van der Waals surface area contributed by atoms with Crippen LogP contribution in [0.15, 0.2) is 118 Å². The molecule has 0 saturated carbocycles. The number of anilines is 1. The molecule has 1 aliphatic carbocycles. The van der Waals surface area contributed by atoms with Gasteiger partial charge in [-0.05, 0) is 87.1 Å². The topological polar surface area (TPSA) is 332 Å². The number of nitrogens with zero attached hydrogens (tertiary/aromatic N) is 4. The van der Waals surface area contributed by atoms with E-state index in [2.05, 4.69) is 21.3 Å². The summed E-state index contributed by atoms with van der Waals surface area (Å²) < 4.78 is 5.80. The number of hydrogen-bond donors (Lipinski definition) is 8. The van der Waals surface area contributed by atoms with E-state index in [4.69, 9.17) is 4.42 Å². The number of fused-ring (bicyclic) bond motifs is 2. The van der Waals surface area contributed by atoms with Crippen molar-refractivity contribution in [3.05, 3.63) is 131 Å². The molecule has 9 rings (SSSR count). The van der Waals surface area contributed by atoms with Crippen LogP contribution in [0.1, 0.15) is 59.2 Å². The van der Waals surface area contributed by atoms with Crippen LogP contribution in [0.4, 0.5) is 10.5 Å². The molecule has 412 valence electrons. The molecule has 3 aliphatic rings. The number of carbonyl (C=O) groups is 8. The number of hydroxylamine groups is 6. The van der Waals surface area contributed by atoms with Crippen molar-refractivity contribution in [1.29, 1.82) is 0 Å².